The minimum absolute atomic E-state index is 0.133. The number of likely N-dealkylation sites (tertiary alicyclic amines) is 1. The van der Waals surface area contributed by atoms with Gasteiger partial charge in [-0.15, -0.1) is 0 Å². The van der Waals surface area contributed by atoms with Gasteiger partial charge >= 0.3 is 0 Å². The van der Waals surface area contributed by atoms with Crippen molar-refractivity contribution in [1.29, 1.82) is 0 Å². The van der Waals surface area contributed by atoms with Crippen molar-refractivity contribution in [3.63, 3.8) is 0 Å². The number of hydrogen-bond acceptors (Lipinski definition) is 6. The first-order valence-electron chi connectivity index (χ1n) is 13.7. The zero-order valence-electron chi connectivity index (χ0n) is 23.5. The molecule has 1 saturated heterocycles. The summed E-state index contributed by atoms with van der Waals surface area (Å²) in [5, 5.41) is 0.918. The van der Waals surface area contributed by atoms with E-state index in [4.69, 9.17) is 4.74 Å². The molecule has 208 valence electrons. The maximum Gasteiger partial charge on any atom is 0.265 e. The van der Waals surface area contributed by atoms with Crippen LogP contribution in [0.3, 0.4) is 0 Å². The molecule has 9 heteroatoms. The monoisotopic (exact) mass is 551 g/mol. The summed E-state index contributed by atoms with van der Waals surface area (Å²) in [4.78, 5) is 18.2. The lowest BCUT2D eigenvalue weighted by Crippen LogP contribution is -2.62. The van der Waals surface area contributed by atoms with Gasteiger partial charge in [0, 0.05) is 48.2 Å². The van der Waals surface area contributed by atoms with Gasteiger partial charge in [-0.1, -0.05) is 0 Å². The summed E-state index contributed by atoms with van der Waals surface area (Å²) in [6.45, 7) is 10.3. The van der Waals surface area contributed by atoms with Gasteiger partial charge in [-0.25, -0.2) is 0 Å². The Bertz CT molecular complexity index is 1680. The van der Waals surface area contributed by atoms with E-state index in [1.807, 2.05) is 19.2 Å². The lowest BCUT2D eigenvalue weighted by Gasteiger charge is -2.56. The summed E-state index contributed by atoms with van der Waals surface area (Å²) in [6, 6.07) is 4.32. The number of fused-ring (bicyclic) bond motifs is 6. The summed E-state index contributed by atoms with van der Waals surface area (Å²) in [6.07, 6.45) is 8.55. The van der Waals surface area contributed by atoms with E-state index < -0.39 is 15.7 Å². The predicted molar refractivity (Wildman–Crippen MR) is 155 cm³/mol. The number of allylic oxidation sites excluding steroid dienone is 1. The number of ether oxygens (including phenoxy) is 1. The molecular formula is C30H37N3O5S. The number of rotatable bonds is 3. The smallest absolute Gasteiger partial charge is 0.265 e. The molecule has 0 amide bonds. The molecule has 0 bridgehead atoms. The lowest BCUT2D eigenvalue weighted by molar-refractivity contribution is 0.0300. The maximum atomic E-state index is 13.6. The highest BCUT2D eigenvalue weighted by molar-refractivity contribution is 7.85. The van der Waals surface area contributed by atoms with E-state index in [1.165, 1.54) is 11.3 Å². The Labute approximate surface area is 230 Å². The second kappa shape index (κ2) is 8.56. The number of likely N-dealkylation sites (N-methyl/N-ethyl adjacent to an activating group) is 1. The molecule has 0 radical (unpaired) electrons. The van der Waals surface area contributed by atoms with Gasteiger partial charge in [0.05, 0.1) is 22.4 Å². The van der Waals surface area contributed by atoms with Crippen LogP contribution in [0.5, 0.6) is 5.75 Å². The van der Waals surface area contributed by atoms with Gasteiger partial charge < -0.3 is 14.2 Å². The zero-order chi connectivity index (χ0) is 28.1. The summed E-state index contributed by atoms with van der Waals surface area (Å²) in [5.41, 5.74) is 4.36. The summed E-state index contributed by atoms with van der Waals surface area (Å²) in [5.74, 6) is 0.522. The molecule has 2 unspecified atom stereocenters. The minimum Gasteiger partial charge on any atom is -0.455 e. The van der Waals surface area contributed by atoms with Gasteiger partial charge in [-0.3, -0.25) is 14.2 Å². The van der Waals surface area contributed by atoms with Crippen molar-refractivity contribution in [3.05, 3.63) is 62.7 Å². The number of anilines is 1. The molecule has 1 aromatic heterocycles. The highest BCUT2D eigenvalue weighted by Gasteiger charge is 2.51. The van der Waals surface area contributed by atoms with Gasteiger partial charge in [-0.2, -0.15) is 8.42 Å². The van der Waals surface area contributed by atoms with E-state index in [2.05, 4.69) is 55.7 Å². The molecule has 8 nitrogen and oxygen atoms in total. The molecule has 1 fully saturated rings. The average molecular weight is 552 g/mol. The van der Waals surface area contributed by atoms with Crippen LogP contribution in [0.15, 0.2) is 46.0 Å². The van der Waals surface area contributed by atoms with Crippen molar-refractivity contribution in [2.75, 3.05) is 30.8 Å². The normalized spacial score (nSPS) is 26.0. The van der Waals surface area contributed by atoms with Crippen LogP contribution in [-0.2, 0) is 23.6 Å². The summed E-state index contributed by atoms with van der Waals surface area (Å²) >= 11 is 0. The largest absolute Gasteiger partial charge is 0.455 e. The Balaban J connectivity index is 1.56. The molecular weight excluding hydrogens is 514 g/mol. The van der Waals surface area contributed by atoms with Gasteiger partial charge in [0.1, 0.15) is 11.5 Å². The van der Waals surface area contributed by atoms with Gasteiger partial charge in [0.2, 0.25) is 0 Å². The second-order valence-electron chi connectivity index (χ2n) is 12.3. The fourth-order valence-corrected chi connectivity index (χ4v) is 8.04. The number of aromatic nitrogens is 1. The van der Waals surface area contributed by atoms with Gasteiger partial charge in [0.15, 0.2) is 0 Å². The standard InChI is InChI=1S/C30H37N3O5S/c1-7-33-10-8-9-18-11-21-25(14-24(18)33)31(5)28(34)22-12-19-13-23-20(17-39(35,36)37)15-29(2,3)32(6)30(23,4)16-26(19)38-27(21)22/h11-14,16,20H,7-10,15,17H2,1-6H3,(H,35,36,37). The van der Waals surface area contributed by atoms with Crippen LogP contribution < -0.4 is 15.2 Å². The Morgan fingerprint density at radius 2 is 1.90 bits per heavy atom. The molecule has 2 aromatic rings. The molecule has 1 aromatic carbocycles. The fraction of sp³-hybridized carbons (Fsp3) is 0.500. The third kappa shape index (κ3) is 4.00. The predicted octanol–water partition coefficient (Wildman–Crippen LogP) is 4.29. The van der Waals surface area contributed by atoms with E-state index in [-0.39, 0.29) is 22.8 Å². The van der Waals surface area contributed by atoms with Crippen molar-refractivity contribution < 1.29 is 17.7 Å². The molecule has 1 aliphatic carbocycles. The van der Waals surface area contributed by atoms with Crippen molar-refractivity contribution in [2.24, 2.45) is 13.0 Å². The maximum absolute atomic E-state index is 13.6. The second-order valence-corrected chi connectivity index (χ2v) is 13.8. The summed E-state index contributed by atoms with van der Waals surface area (Å²) in [7, 11) is -0.343. The quantitative estimate of drug-likeness (QED) is 0.569. The third-order valence-corrected chi connectivity index (χ3v) is 10.3. The van der Waals surface area contributed by atoms with Gasteiger partial charge in [0.25, 0.3) is 15.7 Å². The first-order valence-corrected chi connectivity index (χ1v) is 15.3. The molecule has 0 saturated carbocycles. The Morgan fingerprint density at radius 3 is 2.59 bits per heavy atom. The van der Waals surface area contributed by atoms with Crippen molar-refractivity contribution >= 4 is 32.8 Å². The van der Waals surface area contributed by atoms with E-state index >= 15 is 0 Å². The van der Waals surface area contributed by atoms with Crippen LogP contribution in [0.4, 0.5) is 5.69 Å². The highest BCUT2D eigenvalue weighted by Crippen LogP contribution is 2.50. The van der Waals surface area contributed by atoms with Crippen LogP contribution in [0.1, 0.15) is 51.7 Å². The molecule has 4 heterocycles. The molecule has 1 N–H and O–H groups in total. The Hall–Kier alpha value is -2.88. The van der Waals surface area contributed by atoms with Crippen LogP contribution in [-0.4, -0.2) is 59.4 Å². The van der Waals surface area contributed by atoms with E-state index in [9.17, 15) is 17.8 Å². The lowest BCUT2D eigenvalue weighted by atomic mass is 9.67. The first-order chi connectivity index (χ1) is 18.2. The number of nitrogens with zero attached hydrogens (tertiary/aromatic N) is 3. The van der Waals surface area contributed by atoms with E-state index in [0.717, 1.165) is 48.0 Å². The van der Waals surface area contributed by atoms with E-state index in [0.29, 0.717) is 23.5 Å². The van der Waals surface area contributed by atoms with Crippen LogP contribution in [0.2, 0.25) is 0 Å². The van der Waals surface area contributed by atoms with Gasteiger partial charge in [-0.05, 0) is 95.5 Å². The number of aryl methyl sites for hydroxylation is 2. The topological polar surface area (TPSA) is 92.1 Å². The minimum atomic E-state index is -4.18. The number of hydrogen-bond donors (Lipinski definition) is 1. The zero-order valence-corrected chi connectivity index (χ0v) is 24.4. The summed E-state index contributed by atoms with van der Waals surface area (Å²) < 4.78 is 42.0. The Morgan fingerprint density at radius 1 is 1.15 bits per heavy atom. The molecule has 0 spiro atoms. The van der Waals surface area contributed by atoms with E-state index in [1.54, 1.807) is 11.6 Å². The number of pyridine rings is 1. The SMILES string of the molecule is CCN1CCCc2cc3c4c(c(=O)n(C)c3cc21)C=C1C=C2C(CS(=O)(=O)O)CC(C)(C)N(C)C2(C)C=C1O4. The van der Waals surface area contributed by atoms with Crippen LogP contribution >= 0.6 is 0 Å². The van der Waals surface area contributed by atoms with Crippen LogP contribution in [0.25, 0.3) is 17.0 Å². The number of piperidine rings is 1. The molecule has 2 atom stereocenters. The molecule has 3 aliphatic heterocycles. The number of benzene rings is 1. The Kier molecular flexibility index (Phi) is 5.78. The van der Waals surface area contributed by atoms with Crippen molar-refractivity contribution in [1.82, 2.24) is 9.47 Å². The fourth-order valence-electron chi connectivity index (χ4n) is 7.23. The van der Waals surface area contributed by atoms with Crippen LogP contribution in [0, 0.1) is 5.92 Å². The first kappa shape index (κ1) is 26.3. The average Bonchev–Trinajstić information content (AvgIpc) is 2.87. The van der Waals surface area contributed by atoms with Crippen molar-refractivity contribution in [3.8, 4) is 5.75 Å². The molecule has 6 rings (SSSR count). The molecule has 39 heavy (non-hydrogen) atoms. The highest BCUT2D eigenvalue weighted by atomic mass is 32.2. The van der Waals surface area contributed by atoms with Crippen molar-refractivity contribution in [2.45, 2.75) is 58.0 Å². The third-order valence-electron chi connectivity index (χ3n) is 9.49. The molecule has 4 aliphatic rings.